The fraction of sp³-hybridized carbons (Fsp3) is 0.500. The van der Waals surface area contributed by atoms with Gasteiger partial charge in [0.05, 0.1) is 11.4 Å². The normalized spacial score (nSPS) is 11.8. The first-order chi connectivity index (χ1) is 11.3. The highest BCUT2D eigenvalue weighted by Crippen LogP contribution is 2.12. The van der Waals surface area contributed by atoms with Crippen molar-refractivity contribution >= 4 is 34.9 Å². The number of hydrogen-bond donors (Lipinski definition) is 3. The summed E-state index contributed by atoms with van der Waals surface area (Å²) in [7, 11) is 0. The topological polar surface area (TPSA) is 113 Å². The van der Waals surface area contributed by atoms with E-state index in [2.05, 4.69) is 10.6 Å². The van der Waals surface area contributed by atoms with E-state index in [0.29, 0.717) is 11.3 Å². The third kappa shape index (κ3) is 7.36. The minimum atomic E-state index is -1.11. The molecule has 0 aromatic carbocycles. The van der Waals surface area contributed by atoms with E-state index in [1.54, 1.807) is 17.5 Å². The number of carbonyl (C=O) groups is 4. The molecule has 0 aliphatic carbocycles. The van der Waals surface area contributed by atoms with E-state index < -0.39 is 23.8 Å². The molecule has 0 bridgehead atoms. The molecule has 0 unspecified atom stereocenters. The van der Waals surface area contributed by atoms with Crippen molar-refractivity contribution in [3.05, 3.63) is 22.4 Å². The first-order valence-electron chi connectivity index (χ1n) is 7.65. The molecule has 0 aliphatic heterocycles. The van der Waals surface area contributed by atoms with E-state index in [1.165, 1.54) is 11.3 Å². The summed E-state index contributed by atoms with van der Waals surface area (Å²) in [5, 5.41) is 15.6. The molecule has 8 heteroatoms. The Kier molecular flexibility index (Phi) is 8.11. The van der Waals surface area contributed by atoms with Crippen LogP contribution in [0.2, 0.25) is 0 Å². The zero-order valence-electron chi connectivity index (χ0n) is 13.7. The van der Waals surface area contributed by atoms with E-state index in [1.807, 2.05) is 13.8 Å². The smallest absolute Gasteiger partial charge is 0.326 e. The Hall–Kier alpha value is -2.22. The number of ketones is 1. The van der Waals surface area contributed by atoms with E-state index in [0.717, 1.165) is 0 Å². The van der Waals surface area contributed by atoms with Gasteiger partial charge in [0.15, 0.2) is 5.78 Å². The van der Waals surface area contributed by atoms with E-state index in [9.17, 15) is 19.2 Å². The highest BCUT2D eigenvalue weighted by Gasteiger charge is 2.21. The Morgan fingerprint density at radius 2 is 1.88 bits per heavy atom. The van der Waals surface area contributed by atoms with Crippen molar-refractivity contribution < 1.29 is 24.3 Å². The van der Waals surface area contributed by atoms with Crippen LogP contribution in [0.4, 0.5) is 0 Å². The van der Waals surface area contributed by atoms with Crippen molar-refractivity contribution in [3.8, 4) is 0 Å². The van der Waals surface area contributed by atoms with Gasteiger partial charge in [-0.3, -0.25) is 14.4 Å². The Labute approximate surface area is 144 Å². The van der Waals surface area contributed by atoms with Crippen molar-refractivity contribution in [3.63, 3.8) is 0 Å². The number of Topliss-reactive ketones (excluding diaryl/α,β-unsaturated/α-hetero) is 1. The van der Waals surface area contributed by atoms with Crippen molar-refractivity contribution in [1.29, 1.82) is 0 Å². The molecule has 0 radical (unpaired) electrons. The van der Waals surface area contributed by atoms with Gasteiger partial charge >= 0.3 is 5.97 Å². The molecule has 0 fully saturated rings. The van der Waals surface area contributed by atoms with Crippen LogP contribution in [-0.4, -0.2) is 41.3 Å². The zero-order chi connectivity index (χ0) is 18.1. The van der Waals surface area contributed by atoms with Crippen LogP contribution in [-0.2, 0) is 14.4 Å². The predicted octanol–water partition coefficient (Wildman–Crippen LogP) is 1.44. The van der Waals surface area contributed by atoms with Crippen LogP contribution in [0.15, 0.2) is 17.5 Å². The van der Waals surface area contributed by atoms with Crippen LogP contribution in [0.1, 0.15) is 42.8 Å². The molecule has 0 spiro atoms. The predicted molar refractivity (Wildman–Crippen MR) is 89.9 cm³/mol. The van der Waals surface area contributed by atoms with Crippen LogP contribution >= 0.6 is 11.3 Å². The molecule has 0 saturated heterocycles. The Bertz CT molecular complexity index is 583. The van der Waals surface area contributed by atoms with Crippen LogP contribution in [0.5, 0.6) is 0 Å². The molecule has 3 N–H and O–H groups in total. The Morgan fingerprint density at radius 1 is 1.17 bits per heavy atom. The minimum Gasteiger partial charge on any atom is -0.480 e. The average Bonchev–Trinajstić information content (AvgIpc) is 3.03. The third-order valence-corrected chi connectivity index (χ3v) is 4.07. The maximum atomic E-state index is 11.8. The monoisotopic (exact) mass is 354 g/mol. The van der Waals surface area contributed by atoms with Crippen LogP contribution in [0, 0.1) is 5.92 Å². The molecule has 7 nitrogen and oxygen atoms in total. The standard InChI is InChI=1S/C16H22N2O5S/c1-10(2)8-11(16(22)23)18-15(21)9-17-14(20)6-5-12(19)13-4-3-7-24-13/h3-4,7,10-11H,5-6,8-9H2,1-2H3,(H,17,20)(H,18,21)(H,22,23)/t11-/m0/s1. The Morgan fingerprint density at radius 3 is 2.42 bits per heavy atom. The van der Waals surface area contributed by atoms with Crippen molar-refractivity contribution in [2.75, 3.05) is 6.54 Å². The lowest BCUT2D eigenvalue weighted by molar-refractivity contribution is -0.142. The van der Waals surface area contributed by atoms with Gasteiger partial charge in [0.2, 0.25) is 11.8 Å². The molecule has 1 heterocycles. The third-order valence-electron chi connectivity index (χ3n) is 3.16. The number of rotatable bonds is 10. The largest absolute Gasteiger partial charge is 0.480 e. The van der Waals surface area contributed by atoms with Crippen molar-refractivity contribution in [2.45, 2.75) is 39.2 Å². The first kappa shape index (κ1) is 19.8. The summed E-state index contributed by atoms with van der Waals surface area (Å²) in [6.07, 6.45) is 0.363. The lowest BCUT2D eigenvalue weighted by Crippen LogP contribution is -2.46. The average molecular weight is 354 g/mol. The summed E-state index contributed by atoms with van der Waals surface area (Å²) in [5.41, 5.74) is 0. The fourth-order valence-corrected chi connectivity index (χ4v) is 2.69. The second-order valence-electron chi connectivity index (χ2n) is 5.77. The first-order valence-corrected chi connectivity index (χ1v) is 8.53. The van der Waals surface area contributed by atoms with Gasteiger partial charge in [0.25, 0.3) is 0 Å². The second-order valence-corrected chi connectivity index (χ2v) is 6.71. The molecule has 1 aromatic rings. The molecule has 24 heavy (non-hydrogen) atoms. The quantitative estimate of drug-likeness (QED) is 0.550. The highest BCUT2D eigenvalue weighted by atomic mass is 32.1. The van der Waals surface area contributed by atoms with Crippen molar-refractivity contribution in [1.82, 2.24) is 10.6 Å². The van der Waals surface area contributed by atoms with Crippen molar-refractivity contribution in [2.24, 2.45) is 5.92 Å². The number of carboxylic acids is 1. The molecule has 1 rings (SSSR count). The summed E-state index contributed by atoms with van der Waals surface area (Å²) >= 11 is 1.31. The van der Waals surface area contributed by atoms with Gasteiger partial charge in [-0.25, -0.2) is 4.79 Å². The molecule has 0 saturated carbocycles. The number of nitrogens with one attached hydrogen (secondary N) is 2. The lowest BCUT2D eigenvalue weighted by atomic mass is 10.0. The Balaban J connectivity index is 2.31. The van der Waals surface area contributed by atoms with Gasteiger partial charge in [0.1, 0.15) is 6.04 Å². The van der Waals surface area contributed by atoms with Crippen LogP contribution in [0.25, 0.3) is 0 Å². The van der Waals surface area contributed by atoms with E-state index in [-0.39, 0.29) is 31.1 Å². The van der Waals surface area contributed by atoms with E-state index >= 15 is 0 Å². The van der Waals surface area contributed by atoms with E-state index in [4.69, 9.17) is 5.11 Å². The lowest BCUT2D eigenvalue weighted by Gasteiger charge is -2.16. The van der Waals surface area contributed by atoms with Gasteiger partial charge in [-0.05, 0) is 23.8 Å². The molecular weight excluding hydrogens is 332 g/mol. The summed E-state index contributed by atoms with van der Waals surface area (Å²) in [5.74, 6) is -2.10. The molecule has 0 aliphatic rings. The molecule has 132 valence electrons. The maximum absolute atomic E-state index is 11.8. The second kappa shape index (κ2) is 9.82. The molecular formula is C16H22N2O5S. The van der Waals surface area contributed by atoms with Gasteiger partial charge in [-0.15, -0.1) is 11.3 Å². The summed E-state index contributed by atoms with van der Waals surface area (Å²) < 4.78 is 0. The summed E-state index contributed by atoms with van der Waals surface area (Å²) in [6.45, 7) is 3.40. The van der Waals surface area contributed by atoms with Gasteiger partial charge < -0.3 is 15.7 Å². The SMILES string of the molecule is CC(C)C[C@H](NC(=O)CNC(=O)CCC(=O)c1cccs1)C(=O)O. The summed E-state index contributed by atoms with van der Waals surface area (Å²) in [4.78, 5) is 46.8. The number of thiophene rings is 1. The minimum absolute atomic E-state index is 0.0155. The number of hydrogen-bond acceptors (Lipinski definition) is 5. The highest BCUT2D eigenvalue weighted by molar-refractivity contribution is 7.12. The number of carbonyl (C=O) groups excluding carboxylic acids is 3. The van der Waals surface area contributed by atoms with Crippen LogP contribution in [0.3, 0.4) is 0 Å². The summed E-state index contributed by atoms with van der Waals surface area (Å²) in [6, 6.07) is 2.48. The van der Waals surface area contributed by atoms with Crippen LogP contribution < -0.4 is 10.6 Å². The fourth-order valence-electron chi connectivity index (χ4n) is 1.99. The molecule has 1 atom stereocenters. The zero-order valence-corrected chi connectivity index (χ0v) is 14.5. The number of aliphatic carboxylic acids is 1. The van der Waals surface area contributed by atoms with Gasteiger partial charge in [-0.1, -0.05) is 19.9 Å². The molecule has 1 aromatic heterocycles. The number of amides is 2. The number of carboxylic acid groups (broad SMARTS) is 1. The maximum Gasteiger partial charge on any atom is 0.326 e. The van der Waals surface area contributed by atoms with Gasteiger partial charge in [0, 0.05) is 12.8 Å². The van der Waals surface area contributed by atoms with Gasteiger partial charge in [-0.2, -0.15) is 0 Å². The molecule has 2 amide bonds.